The van der Waals surface area contributed by atoms with Crippen LogP contribution in [0.25, 0.3) is 0 Å². The van der Waals surface area contributed by atoms with Gasteiger partial charge in [-0.25, -0.2) is 0 Å². The molecule has 0 saturated heterocycles. The van der Waals surface area contributed by atoms with Crippen molar-refractivity contribution in [2.75, 3.05) is 7.05 Å². The molecule has 1 fully saturated rings. The van der Waals surface area contributed by atoms with Crippen molar-refractivity contribution in [2.24, 2.45) is 11.7 Å². The highest BCUT2D eigenvalue weighted by molar-refractivity contribution is 5.00. The Bertz CT molecular complexity index is 112. The molecule has 0 bridgehead atoms. The number of rotatable bonds is 2. The molecule has 1 aliphatic rings. The highest BCUT2D eigenvalue weighted by Crippen LogP contribution is 2.29. The van der Waals surface area contributed by atoms with Crippen LogP contribution in [0.3, 0.4) is 0 Å². The lowest BCUT2D eigenvalue weighted by molar-refractivity contribution is 0.398. The Morgan fingerprint density at radius 2 is 1.57 bits per heavy atom. The van der Waals surface area contributed by atoms with Crippen molar-refractivity contribution in [3.8, 4) is 0 Å². The van der Waals surface area contributed by atoms with E-state index in [0.717, 1.165) is 5.92 Å². The van der Waals surface area contributed by atoms with Gasteiger partial charge in [0.15, 0.2) is 0 Å². The van der Waals surface area contributed by atoms with Crippen molar-refractivity contribution >= 4 is 0 Å². The highest BCUT2D eigenvalue weighted by Gasteiger charge is 2.14. The second-order valence-corrected chi connectivity index (χ2v) is 3.35. The van der Waals surface area contributed by atoms with Crippen LogP contribution in [-0.2, 0) is 0 Å². The molecule has 0 unspecified atom stereocenters. The van der Waals surface area contributed by atoms with Gasteiger partial charge in [0, 0.05) is 0 Å². The first-order valence-corrected chi connectivity index (χ1v) is 6.10. The first-order chi connectivity index (χ1) is 6.84. The van der Waals surface area contributed by atoms with Gasteiger partial charge in [0.25, 0.3) is 0 Å². The van der Waals surface area contributed by atoms with Crippen molar-refractivity contribution in [1.82, 2.24) is 0 Å². The Balaban J connectivity index is 0. The van der Waals surface area contributed by atoms with Crippen LogP contribution in [0.1, 0.15) is 59.3 Å². The summed E-state index contributed by atoms with van der Waals surface area (Å²) in [6.07, 6.45) is 8.32. The molecule has 1 aliphatic carbocycles. The minimum absolute atomic E-state index is 0.874. The van der Waals surface area contributed by atoms with Gasteiger partial charge in [0.2, 0.25) is 0 Å². The van der Waals surface area contributed by atoms with Crippen molar-refractivity contribution < 1.29 is 0 Å². The van der Waals surface area contributed by atoms with Crippen LogP contribution in [0.4, 0.5) is 0 Å². The lowest BCUT2D eigenvalue weighted by Crippen LogP contribution is -2.07. The van der Waals surface area contributed by atoms with E-state index in [1.807, 2.05) is 13.8 Å². The maximum Gasteiger partial charge on any atom is -0.0195 e. The van der Waals surface area contributed by atoms with Crippen LogP contribution in [0, 0.1) is 5.92 Å². The van der Waals surface area contributed by atoms with Gasteiger partial charge in [-0.15, -0.1) is 0 Å². The first kappa shape index (κ1) is 16.1. The van der Waals surface area contributed by atoms with Gasteiger partial charge >= 0.3 is 0 Å². The van der Waals surface area contributed by atoms with Crippen molar-refractivity contribution in [3.63, 3.8) is 0 Å². The molecular weight excluding hydrogens is 170 g/mol. The summed E-state index contributed by atoms with van der Waals surface area (Å²) in [4.78, 5) is 0. The van der Waals surface area contributed by atoms with Crippen LogP contribution < -0.4 is 5.73 Å². The molecule has 86 valence electrons. The number of hydrogen-bond donors (Lipinski definition) is 1. The summed E-state index contributed by atoms with van der Waals surface area (Å²) < 4.78 is 0. The SMILES string of the molecule is C=C(CC)C1CCCCC1.CC.CN. The van der Waals surface area contributed by atoms with E-state index in [4.69, 9.17) is 0 Å². The molecule has 0 aliphatic heterocycles. The third kappa shape index (κ3) is 7.14. The van der Waals surface area contributed by atoms with Crippen LogP contribution in [0.2, 0.25) is 0 Å². The zero-order chi connectivity index (χ0) is 11.4. The normalized spacial score (nSPS) is 15.8. The van der Waals surface area contributed by atoms with E-state index < -0.39 is 0 Å². The fourth-order valence-electron chi connectivity index (χ4n) is 1.80. The summed E-state index contributed by atoms with van der Waals surface area (Å²) >= 11 is 0. The van der Waals surface area contributed by atoms with E-state index >= 15 is 0 Å². The molecule has 0 aromatic rings. The molecule has 0 atom stereocenters. The Kier molecular flexibility index (Phi) is 14.6. The summed E-state index contributed by atoms with van der Waals surface area (Å²) in [6, 6.07) is 0. The summed E-state index contributed by atoms with van der Waals surface area (Å²) in [5.74, 6) is 0.874. The van der Waals surface area contributed by atoms with E-state index in [9.17, 15) is 0 Å². The highest BCUT2D eigenvalue weighted by atomic mass is 14.4. The number of allylic oxidation sites excluding steroid dienone is 1. The lowest BCUT2D eigenvalue weighted by Gasteiger charge is -2.22. The standard InChI is InChI=1S/C10H18.C2H6.CH5N/c1-3-9(2)10-7-5-4-6-8-10;2*1-2/h10H,2-8H2,1H3;1-2H3;2H2,1H3. The van der Waals surface area contributed by atoms with Crippen LogP contribution >= 0.6 is 0 Å². The topological polar surface area (TPSA) is 26.0 Å². The summed E-state index contributed by atoms with van der Waals surface area (Å²) in [5, 5.41) is 0. The Morgan fingerprint density at radius 1 is 1.14 bits per heavy atom. The second kappa shape index (κ2) is 12.7. The monoisotopic (exact) mass is 199 g/mol. The largest absolute Gasteiger partial charge is 0.333 e. The van der Waals surface area contributed by atoms with Crippen LogP contribution in [0.15, 0.2) is 12.2 Å². The molecule has 0 radical (unpaired) electrons. The van der Waals surface area contributed by atoms with Gasteiger partial charge in [0.05, 0.1) is 0 Å². The zero-order valence-corrected chi connectivity index (χ0v) is 10.6. The third-order valence-corrected chi connectivity index (χ3v) is 2.64. The average molecular weight is 199 g/mol. The van der Waals surface area contributed by atoms with Gasteiger partial charge in [-0.05, 0) is 32.2 Å². The van der Waals surface area contributed by atoms with E-state index in [2.05, 4.69) is 19.2 Å². The minimum atomic E-state index is 0.874. The van der Waals surface area contributed by atoms with Gasteiger partial charge in [-0.3, -0.25) is 0 Å². The summed E-state index contributed by atoms with van der Waals surface area (Å²) in [5.41, 5.74) is 5.99. The van der Waals surface area contributed by atoms with Crippen LogP contribution in [-0.4, -0.2) is 7.05 Å². The summed E-state index contributed by atoms with van der Waals surface area (Å²) in [7, 11) is 1.50. The Morgan fingerprint density at radius 3 is 1.93 bits per heavy atom. The van der Waals surface area contributed by atoms with Crippen molar-refractivity contribution in [1.29, 1.82) is 0 Å². The number of nitrogens with two attached hydrogens (primary N) is 1. The second-order valence-electron chi connectivity index (χ2n) is 3.35. The lowest BCUT2D eigenvalue weighted by atomic mass is 9.83. The predicted molar refractivity (Wildman–Crippen MR) is 67.5 cm³/mol. The Hall–Kier alpha value is -0.300. The predicted octanol–water partition coefficient (Wildman–Crippen LogP) is 4.13. The quantitative estimate of drug-likeness (QED) is 0.665. The fourth-order valence-corrected chi connectivity index (χ4v) is 1.80. The van der Waals surface area contributed by atoms with Gasteiger partial charge in [0.1, 0.15) is 0 Å². The molecule has 0 aromatic heterocycles. The molecule has 0 spiro atoms. The van der Waals surface area contributed by atoms with Crippen molar-refractivity contribution in [3.05, 3.63) is 12.2 Å². The summed E-state index contributed by atoms with van der Waals surface area (Å²) in [6.45, 7) is 10.3. The van der Waals surface area contributed by atoms with E-state index in [1.165, 1.54) is 51.1 Å². The molecule has 1 saturated carbocycles. The number of hydrogen-bond acceptors (Lipinski definition) is 1. The van der Waals surface area contributed by atoms with Gasteiger partial charge < -0.3 is 5.73 Å². The Labute approximate surface area is 90.8 Å². The van der Waals surface area contributed by atoms with Gasteiger partial charge in [-0.2, -0.15) is 0 Å². The van der Waals surface area contributed by atoms with Crippen molar-refractivity contribution in [2.45, 2.75) is 59.3 Å². The smallest absolute Gasteiger partial charge is 0.0195 e. The molecular formula is C13H29N. The third-order valence-electron chi connectivity index (χ3n) is 2.64. The maximum atomic E-state index is 4.50. The van der Waals surface area contributed by atoms with Crippen LogP contribution in [0.5, 0.6) is 0 Å². The van der Waals surface area contributed by atoms with E-state index in [1.54, 1.807) is 0 Å². The molecule has 14 heavy (non-hydrogen) atoms. The zero-order valence-electron chi connectivity index (χ0n) is 10.6. The molecule has 2 N–H and O–H groups in total. The first-order valence-electron chi connectivity index (χ1n) is 6.10. The molecule has 1 rings (SSSR count). The molecule has 1 nitrogen and oxygen atoms in total. The fraction of sp³-hybridized carbons (Fsp3) is 0.846. The van der Waals surface area contributed by atoms with E-state index in [-0.39, 0.29) is 0 Å². The minimum Gasteiger partial charge on any atom is -0.333 e. The maximum absolute atomic E-state index is 4.50. The molecule has 0 aromatic carbocycles. The van der Waals surface area contributed by atoms with Gasteiger partial charge in [-0.1, -0.05) is 52.2 Å². The molecule has 0 amide bonds. The molecule has 0 heterocycles. The molecule has 1 heteroatoms. The van der Waals surface area contributed by atoms with E-state index in [0.29, 0.717) is 0 Å². The average Bonchev–Trinajstić information content (AvgIpc) is 2.34.